The van der Waals surface area contributed by atoms with E-state index in [1.165, 1.54) is 12.3 Å². The lowest BCUT2D eigenvalue weighted by molar-refractivity contribution is 0.0816. The molecule has 1 rings (SSSR count). The molecule has 18 heavy (non-hydrogen) atoms. The molecule has 1 unspecified atom stereocenters. The van der Waals surface area contributed by atoms with Gasteiger partial charge in [0.25, 0.3) is 5.91 Å². The van der Waals surface area contributed by atoms with Gasteiger partial charge in [0.2, 0.25) is 5.95 Å². The summed E-state index contributed by atoms with van der Waals surface area (Å²) in [5, 5.41) is 12.4. The molecule has 0 bridgehead atoms. The Kier molecular flexibility index (Phi) is 5.71. The van der Waals surface area contributed by atoms with E-state index >= 15 is 0 Å². The van der Waals surface area contributed by atoms with E-state index in [2.05, 4.69) is 10.3 Å². The normalized spacial score (nSPS) is 12.5. The van der Waals surface area contributed by atoms with E-state index in [0.29, 0.717) is 0 Å². The molecule has 1 amide bonds. The van der Waals surface area contributed by atoms with Crippen LogP contribution in [0.5, 0.6) is 0 Å². The van der Waals surface area contributed by atoms with Crippen molar-refractivity contribution in [3.63, 3.8) is 0 Å². The maximum Gasteiger partial charge on any atom is 0.251 e. The van der Waals surface area contributed by atoms with E-state index in [1.54, 1.807) is 0 Å². The van der Waals surface area contributed by atoms with E-state index in [4.69, 9.17) is 0 Å². The molecule has 0 fully saturated rings. The molecular formula is C13H19FN2O2. The second kappa shape index (κ2) is 7.06. The van der Waals surface area contributed by atoms with Crippen LogP contribution in [-0.4, -0.2) is 28.6 Å². The van der Waals surface area contributed by atoms with Gasteiger partial charge in [-0.25, -0.2) is 4.98 Å². The number of nitrogens with one attached hydrogen (secondary N) is 1. The fourth-order valence-corrected chi connectivity index (χ4v) is 1.84. The standard InChI is InChI=1S/C13H19FN2O2/c1-3-9(4-2)11(17)8-16-13(18)10-5-6-15-12(14)7-10/h5-7,9,11,17H,3-4,8H2,1-2H3,(H,16,18). The summed E-state index contributed by atoms with van der Waals surface area (Å²) in [7, 11) is 0. The van der Waals surface area contributed by atoms with Crippen LogP contribution >= 0.6 is 0 Å². The molecule has 0 aliphatic carbocycles. The van der Waals surface area contributed by atoms with Crippen molar-refractivity contribution < 1.29 is 14.3 Å². The summed E-state index contributed by atoms with van der Waals surface area (Å²) in [6.07, 6.45) is 2.38. The van der Waals surface area contributed by atoms with Crippen LogP contribution in [0.3, 0.4) is 0 Å². The first kappa shape index (κ1) is 14.6. The monoisotopic (exact) mass is 254 g/mol. The van der Waals surface area contributed by atoms with Gasteiger partial charge in [0.05, 0.1) is 6.10 Å². The highest BCUT2D eigenvalue weighted by Gasteiger charge is 2.16. The molecule has 100 valence electrons. The Morgan fingerprint density at radius 3 is 2.72 bits per heavy atom. The second-order valence-electron chi connectivity index (χ2n) is 4.22. The minimum Gasteiger partial charge on any atom is -0.391 e. The highest BCUT2D eigenvalue weighted by Crippen LogP contribution is 2.12. The van der Waals surface area contributed by atoms with Gasteiger partial charge in [0.1, 0.15) is 0 Å². The number of carbonyl (C=O) groups is 1. The van der Waals surface area contributed by atoms with Crippen LogP contribution < -0.4 is 5.32 Å². The zero-order valence-electron chi connectivity index (χ0n) is 10.7. The fourth-order valence-electron chi connectivity index (χ4n) is 1.84. The third kappa shape index (κ3) is 4.07. The smallest absolute Gasteiger partial charge is 0.251 e. The van der Waals surface area contributed by atoms with Crippen LogP contribution in [0.15, 0.2) is 18.3 Å². The Bertz CT molecular complexity index is 394. The van der Waals surface area contributed by atoms with Gasteiger partial charge in [0, 0.05) is 24.4 Å². The van der Waals surface area contributed by atoms with Crippen molar-refractivity contribution in [3.05, 3.63) is 29.8 Å². The van der Waals surface area contributed by atoms with Crippen LogP contribution in [0.25, 0.3) is 0 Å². The maximum absolute atomic E-state index is 12.8. The van der Waals surface area contributed by atoms with E-state index < -0.39 is 18.0 Å². The van der Waals surface area contributed by atoms with Gasteiger partial charge in [-0.15, -0.1) is 0 Å². The summed E-state index contributed by atoms with van der Waals surface area (Å²) in [5.74, 6) is -0.927. The van der Waals surface area contributed by atoms with Gasteiger partial charge in [0.15, 0.2) is 0 Å². The van der Waals surface area contributed by atoms with Crippen molar-refractivity contribution in [3.8, 4) is 0 Å². The minimum atomic E-state index is -0.691. The zero-order valence-corrected chi connectivity index (χ0v) is 10.7. The van der Waals surface area contributed by atoms with Crippen molar-refractivity contribution in [1.82, 2.24) is 10.3 Å². The molecule has 0 saturated heterocycles. The van der Waals surface area contributed by atoms with Crippen molar-refractivity contribution in [2.75, 3.05) is 6.54 Å². The van der Waals surface area contributed by atoms with Gasteiger partial charge in [-0.05, 0) is 12.0 Å². The second-order valence-corrected chi connectivity index (χ2v) is 4.22. The Balaban J connectivity index is 2.51. The summed E-state index contributed by atoms with van der Waals surface area (Å²) >= 11 is 0. The third-order valence-corrected chi connectivity index (χ3v) is 3.05. The van der Waals surface area contributed by atoms with Gasteiger partial charge >= 0.3 is 0 Å². The molecule has 0 aliphatic rings. The molecule has 0 saturated carbocycles. The lowest BCUT2D eigenvalue weighted by Crippen LogP contribution is -2.36. The molecule has 0 aromatic carbocycles. The molecule has 2 N–H and O–H groups in total. The Morgan fingerprint density at radius 1 is 1.50 bits per heavy atom. The van der Waals surface area contributed by atoms with Crippen molar-refractivity contribution >= 4 is 5.91 Å². The third-order valence-electron chi connectivity index (χ3n) is 3.05. The van der Waals surface area contributed by atoms with Crippen molar-refractivity contribution in [1.29, 1.82) is 0 Å². The van der Waals surface area contributed by atoms with Crippen molar-refractivity contribution in [2.45, 2.75) is 32.8 Å². The predicted molar refractivity (Wildman–Crippen MR) is 66.6 cm³/mol. The Morgan fingerprint density at radius 2 is 2.17 bits per heavy atom. The number of aromatic nitrogens is 1. The Hall–Kier alpha value is -1.49. The molecule has 0 radical (unpaired) electrons. The fraction of sp³-hybridized carbons (Fsp3) is 0.538. The molecule has 5 heteroatoms. The van der Waals surface area contributed by atoms with E-state index in [-0.39, 0.29) is 18.0 Å². The highest BCUT2D eigenvalue weighted by molar-refractivity contribution is 5.93. The SMILES string of the molecule is CCC(CC)C(O)CNC(=O)c1ccnc(F)c1. The van der Waals surface area contributed by atoms with Gasteiger partial charge < -0.3 is 10.4 Å². The summed E-state index contributed by atoms with van der Waals surface area (Å²) in [6.45, 7) is 4.17. The molecule has 0 aliphatic heterocycles. The quantitative estimate of drug-likeness (QED) is 0.760. The molecule has 1 aromatic heterocycles. The lowest BCUT2D eigenvalue weighted by atomic mass is 9.96. The number of rotatable bonds is 6. The summed E-state index contributed by atoms with van der Waals surface area (Å²) < 4.78 is 12.8. The number of hydrogen-bond donors (Lipinski definition) is 2. The molecule has 1 atom stereocenters. The van der Waals surface area contributed by atoms with E-state index in [9.17, 15) is 14.3 Å². The van der Waals surface area contributed by atoms with Crippen LogP contribution in [0.1, 0.15) is 37.0 Å². The van der Waals surface area contributed by atoms with Crippen LogP contribution in [0.4, 0.5) is 4.39 Å². The van der Waals surface area contributed by atoms with Crippen LogP contribution in [-0.2, 0) is 0 Å². The topological polar surface area (TPSA) is 62.2 Å². The number of halogens is 1. The summed E-state index contributed by atoms with van der Waals surface area (Å²) in [6, 6.07) is 2.50. The van der Waals surface area contributed by atoms with E-state index in [1.807, 2.05) is 13.8 Å². The maximum atomic E-state index is 12.8. The predicted octanol–water partition coefficient (Wildman–Crippen LogP) is 1.75. The first-order valence-corrected chi connectivity index (χ1v) is 6.16. The summed E-state index contributed by atoms with van der Waals surface area (Å²) in [5.41, 5.74) is 0.208. The molecule has 0 spiro atoms. The number of aliphatic hydroxyl groups is 1. The Labute approximate surface area is 106 Å². The molecule has 1 aromatic rings. The minimum absolute atomic E-state index is 0.166. The molecule has 4 nitrogen and oxygen atoms in total. The van der Waals surface area contributed by atoms with Crippen LogP contribution in [0, 0.1) is 11.9 Å². The van der Waals surface area contributed by atoms with Gasteiger partial charge in [-0.2, -0.15) is 4.39 Å². The number of carbonyl (C=O) groups excluding carboxylic acids is 1. The number of amides is 1. The average Bonchev–Trinajstić information content (AvgIpc) is 2.37. The van der Waals surface area contributed by atoms with Crippen molar-refractivity contribution in [2.24, 2.45) is 5.92 Å². The number of nitrogens with zero attached hydrogens (tertiary/aromatic N) is 1. The highest BCUT2D eigenvalue weighted by atomic mass is 19.1. The summed E-state index contributed by atoms with van der Waals surface area (Å²) in [4.78, 5) is 15.1. The largest absolute Gasteiger partial charge is 0.391 e. The zero-order chi connectivity index (χ0) is 13.5. The lowest BCUT2D eigenvalue weighted by Gasteiger charge is -2.20. The first-order valence-electron chi connectivity index (χ1n) is 6.16. The number of pyridine rings is 1. The van der Waals surface area contributed by atoms with Gasteiger partial charge in [-0.1, -0.05) is 26.7 Å². The number of aliphatic hydroxyl groups excluding tert-OH is 1. The average molecular weight is 254 g/mol. The van der Waals surface area contributed by atoms with Crippen LogP contribution in [0.2, 0.25) is 0 Å². The number of hydrogen-bond acceptors (Lipinski definition) is 3. The molecule has 1 heterocycles. The van der Waals surface area contributed by atoms with E-state index in [0.717, 1.165) is 18.9 Å². The molecular weight excluding hydrogens is 235 g/mol. The first-order chi connectivity index (χ1) is 8.58. The van der Waals surface area contributed by atoms with Gasteiger partial charge in [-0.3, -0.25) is 4.79 Å².